The van der Waals surface area contributed by atoms with Crippen molar-refractivity contribution in [3.05, 3.63) is 29.3 Å². The third-order valence-electron chi connectivity index (χ3n) is 4.64. The highest BCUT2D eigenvalue weighted by atomic mass is 16.3. The summed E-state index contributed by atoms with van der Waals surface area (Å²) in [6.07, 6.45) is 6.56. The lowest BCUT2D eigenvalue weighted by Gasteiger charge is -2.41. The summed E-state index contributed by atoms with van der Waals surface area (Å²) in [5, 5.41) is 9.93. The van der Waals surface area contributed by atoms with E-state index in [-0.39, 0.29) is 0 Å². The van der Waals surface area contributed by atoms with E-state index in [0.717, 1.165) is 5.56 Å². The first-order chi connectivity index (χ1) is 8.06. The number of benzene rings is 1. The van der Waals surface area contributed by atoms with Gasteiger partial charge >= 0.3 is 0 Å². The van der Waals surface area contributed by atoms with Gasteiger partial charge in [0, 0.05) is 0 Å². The molecule has 1 nitrogen and oxygen atoms in total. The number of aromatic hydroxyl groups is 1. The number of phenolic OH excluding ortho intramolecular Hbond substituents is 1. The molecule has 1 aliphatic rings. The van der Waals surface area contributed by atoms with Crippen LogP contribution in [0.25, 0.3) is 0 Å². The van der Waals surface area contributed by atoms with E-state index in [1.54, 1.807) is 0 Å². The summed E-state index contributed by atoms with van der Waals surface area (Å²) in [5.74, 6) is 1.10. The van der Waals surface area contributed by atoms with E-state index in [1.165, 1.54) is 37.7 Å². The van der Waals surface area contributed by atoms with Crippen LogP contribution in [0, 0.1) is 12.8 Å². The first-order valence-corrected chi connectivity index (χ1v) is 6.86. The van der Waals surface area contributed by atoms with Crippen molar-refractivity contribution in [2.24, 2.45) is 5.92 Å². The first-order valence-electron chi connectivity index (χ1n) is 6.86. The molecule has 0 aliphatic heterocycles. The van der Waals surface area contributed by atoms with Crippen molar-refractivity contribution in [1.29, 1.82) is 0 Å². The lowest BCUT2D eigenvalue weighted by Crippen LogP contribution is -2.34. The fourth-order valence-electron chi connectivity index (χ4n) is 3.30. The van der Waals surface area contributed by atoms with Crippen molar-refractivity contribution in [3.63, 3.8) is 0 Å². The smallest absolute Gasteiger partial charge is 0.118 e. The van der Waals surface area contributed by atoms with Crippen molar-refractivity contribution in [3.8, 4) is 5.75 Å². The highest BCUT2D eigenvalue weighted by Crippen LogP contribution is 2.45. The average molecular weight is 232 g/mol. The second kappa shape index (κ2) is 4.72. The van der Waals surface area contributed by atoms with Gasteiger partial charge in [-0.2, -0.15) is 0 Å². The van der Waals surface area contributed by atoms with Crippen LogP contribution >= 0.6 is 0 Å². The minimum absolute atomic E-state index is 0.295. The second-order valence-electron chi connectivity index (χ2n) is 5.87. The van der Waals surface area contributed by atoms with Gasteiger partial charge in [-0.25, -0.2) is 0 Å². The summed E-state index contributed by atoms with van der Waals surface area (Å²) in [7, 11) is 0. The summed E-state index contributed by atoms with van der Waals surface area (Å²) < 4.78 is 0. The van der Waals surface area contributed by atoms with E-state index < -0.39 is 0 Å². The normalized spacial score (nSPS) is 19.5. The maximum absolute atomic E-state index is 9.93. The van der Waals surface area contributed by atoms with Crippen LogP contribution in [-0.2, 0) is 5.41 Å². The van der Waals surface area contributed by atoms with Crippen LogP contribution in [0.5, 0.6) is 5.75 Å². The van der Waals surface area contributed by atoms with Crippen molar-refractivity contribution in [1.82, 2.24) is 0 Å². The predicted octanol–water partition coefficient (Wildman–Crippen LogP) is 4.56. The van der Waals surface area contributed by atoms with Crippen LogP contribution in [0.15, 0.2) is 18.2 Å². The molecule has 1 fully saturated rings. The number of hydrogen-bond donors (Lipinski definition) is 1. The van der Waals surface area contributed by atoms with Gasteiger partial charge in [-0.15, -0.1) is 0 Å². The molecule has 0 saturated heterocycles. The molecular formula is C16H24O. The van der Waals surface area contributed by atoms with Crippen LogP contribution in [0.2, 0.25) is 0 Å². The number of rotatable bonds is 2. The second-order valence-corrected chi connectivity index (χ2v) is 5.87. The van der Waals surface area contributed by atoms with Gasteiger partial charge in [0.1, 0.15) is 5.75 Å². The molecule has 0 spiro atoms. The van der Waals surface area contributed by atoms with Gasteiger partial charge in [-0.1, -0.05) is 45.2 Å². The molecule has 0 heterocycles. The van der Waals surface area contributed by atoms with Gasteiger partial charge in [0.25, 0.3) is 0 Å². The number of hydrogen-bond acceptors (Lipinski definition) is 1. The lowest BCUT2D eigenvalue weighted by atomic mass is 9.63. The zero-order valence-electron chi connectivity index (χ0n) is 11.3. The van der Waals surface area contributed by atoms with Gasteiger partial charge in [-0.05, 0) is 48.3 Å². The molecule has 0 radical (unpaired) electrons. The van der Waals surface area contributed by atoms with Crippen LogP contribution in [-0.4, -0.2) is 5.11 Å². The summed E-state index contributed by atoms with van der Waals surface area (Å²) in [6.45, 7) is 6.60. The molecule has 1 N–H and O–H groups in total. The van der Waals surface area contributed by atoms with Gasteiger partial charge in [0.2, 0.25) is 0 Å². The molecular weight excluding hydrogens is 208 g/mol. The largest absolute Gasteiger partial charge is 0.508 e. The highest BCUT2D eigenvalue weighted by molar-refractivity contribution is 5.39. The van der Waals surface area contributed by atoms with Crippen LogP contribution in [0.4, 0.5) is 0 Å². The van der Waals surface area contributed by atoms with E-state index >= 15 is 0 Å². The lowest BCUT2D eigenvalue weighted by molar-refractivity contribution is 0.215. The molecule has 1 aromatic rings. The minimum atomic E-state index is 0.295. The zero-order chi connectivity index (χ0) is 12.5. The third kappa shape index (κ3) is 2.20. The fraction of sp³-hybridized carbons (Fsp3) is 0.625. The average Bonchev–Trinajstić information content (AvgIpc) is 2.33. The maximum Gasteiger partial charge on any atom is 0.118 e. The quantitative estimate of drug-likeness (QED) is 0.792. The van der Waals surface area contributed by atoms with Crippen LogP contribution in [0.1, 0.15) is 57.1 Å². The molecule has 17 heavy (non-hydrogen) atoms. The Balaban J connectivity index is 2.41. The van der Waals surface area contributed by atoms with Crippen molar-refractivity contribution in [2.75, 3.05) is 0 Å². The molecule has 0 amide bonds. The molecule has 0 unspecified atom stereocenters. The van der Waals surface area contributed by atoms with Gasteiger partial charge in [-0.3, -0.25) is 0 Å². The number of phenols is 1. The van der Waals surface area contributed by atoms with E-state index in [2.05, 4.69) is 26.0 Å². The summed E-state index contributed by atoms with van der Waals surface area (Å²) in [5.41, 5.74) is 2.61. The monoisotopic (exact) mass is 232 g/mol. The predicted molar refractivity (Wildman–Crippen MR) is 72.4 cm³/mol. The Labute approximate surface area is 105 Å². The van der Waals surface area contributed by atoms with Gasteiger partial charge in [0.05, 0.1) is 0 Å². The van der Waals surface area contributed by atoms with E-state index in [1.807, 2.05) is 13.0 Å². The molecule has 0 aromatic heterocycles. The minimum Gasteiger partial charge on any atom is -0.508 e. The molecule has 94 valence electrons. The van der Waals surface area contributed by atoms with Gasteiger partial charge < -0.3 is 5.11 Å². The molecule has 0 atom stereocenters. The third-order valence-corrected chi connectivity index (χ3v) is 4.64. The molecule has 2 rings (SSSR count). The van der Waals surface area contributed by atoms with E-state index in [0.29, 0.717) is 17.1 Å². The van der Waals surface area contributed by atoms with Crippen molar-refractivity contribution in [2.45, 2.75) is 58.3 Å². The Morgan fingerprint density at radius 2 is 1.76 bits per heavy atom. The Bertz CT molecular complexity index is 387. The SMILES string of the molecule is Cc1ccc(C2(C(C)C)CCCCC2)cc1O. The first kappa shape index (κ1) is 12.5. The molecule has 1 saturated carbocycles. The molecule has 1 aromatic carbocycles. The fourth-order valence-corrected chi connectivity index (χ4v) is 3.30. The van der Waals surface area contributed by atoms with Gasteiger partial charge in [0.15, 0.2) is 0 Å². The van der Waals surface area contributed by atoms with Crippen molar-refractivity contribution >= 4 is 0 Å². The van der Waals surface area contributed by atoms with E-state index in [9.17, 15) is 5.11 Å². The highest BCUT2D eigenvalue weighted by Gasteiger charge is 2.36. The van der Waals surface area contributed by atoms with Crippen molar-refractivity contribution < 1.29 is 5.11 Å². The molecule has 1 heteroatoms. The topological polar surface area (TPSA) is 20.2 Å². The Hall–Kier alpha value is -0.980. The standard InChI is InChI=1S/C16H24O/c1-12(2)16(9-5-4-6-10-16)14-8-7-13(3)15(17)11-14/h7-8,11-12,17H,4-6,9-10H2,1-3H3. The summed E-state index contributed by atoms with van der Waals surface area (Å²) in [6, 6.07) is 6.28. The molecule has 1 aliphatic carbocycles. The Morgan fingerprint density at radius 3 is 2.29 bits per heavy atom. The summed E-state index contributed by atoms with van der Waals surface area (Å²) in [4.78, 5) is 0. The van der Waals surface area contributed by atoms with Crippen LogP contribution in [0.3, 0.4) is 0 Å². The Kier molecular flexibility index (Phi) is 3.46. The number of aryl methyl sites for hydroxylation is 1. The molecule has 0 bridgehead atoms. The van der Waals surface area contributed by atoms with Crippen LogP contribution < -0.4 is 0 Å². The summed E-state index contributed by atoms with van der Waals surface area (Å²) >= 11 is 0. The Morgan fingerprint density at radius 1 is 1.12 bits per heavy atom. The zero-order valence-corrected chi connectivity index (χ0v) is 11.3. The van der Waals surface area contributed by atoms with E-state index in [4.69, 9.17) is 0 Å². The maximum atomic E-state index is 9.93.